The summed E-state index contributed by atoms with van der Waals surface area (Å²) in [5.74, 6) is -1.91. The normalized spacial score (nSPS) is 13.6. The lowest BCUT2D eigenvalue weighted by atomic mass is 10.2. The van der Waals surface area contributed by atoms with Crippen molar-refractivity contribution in [1.29, 1.82) is 0 Å². The molecule has 0 radical (unpaired) electrons. The van der Waals surface area contributed by atoms with E-state index in [-0.39, 0.29) is 17.1 Å². The molecule has 3 amide bonds. The highest BCUT2D eigenvalue weighted by atomic mass is 16.3. The van der Waals surface area contributed by atoms with Gasteiger partial charge < -0.3 is 10.2 Å². The van der Waals surface area contributed by atoms with E-state index in [1.165, 1.54) is 60.8 Å². The number of aromatic hydroxyl groups is 2. The second-order valence-electron chi connectivity index (χ2n) is 5.34. The van der Waals surface area contributed by atoms with Gasteiger partial charge in [-0.15, -0.1) is 0 Å². The lowest BCUT2D eigenvalue weighted by molar-refractivity contribution is -0.119. The molecule has 0 saturated heterocycles. The van der Waals surface area contributed by atoms with Crippen LogP contribution in [-0.4, -0.2) is 34.1 Å². The number of hydrogen-bond acceptors (Lipinski definition) is 6. The van der Waals surface area contributed by atoms with Crippen LogP contribution >= 0.6 is 0 Å². The van der Waals surface area contributed by atoms with E-state index in [1.807, 2.05) is 0 Å². The molecule has 1 heterocycles. The minimum absolute atomic E-state index is 0.253. The number of hydrazone groups is 1. The molecule has 1 aliphatic rings. The van der Waals surface area contributed by atoms with Crippen molar-refractivity contribution >= 4 is 29.6 Å². The van der Waals surface area contributed by atoms with Crippen molar-refractivity contribution in [3.05, 3.63) is 65.7 Å². The molecule has 1 aliphatic heterocycles. The summed E-state index contributed by atoms with van der Waals surface area (Å²) in [6.45, 7) is 0. The van der Waals surface area contributed by atoms with Gasteiger partial charge in [-0.05, 0) is 48.0 Å². The summed E-state index contributed by atoms with van der Waals surface area (Å²) in [5, 5.41) is 22.4. The molecule has 0 spiro atoms. The van der Waals surface area contributed by atoms with E-state index in [2.05, 4.69) is 10.5 Å². The van der Waals surface area contributed by atoms with Crippen LogP contribution in [0.1, 0.15) is 15.9 Å². The fourth-order valence-electron chi connectivity index (χ4n) is 2.27. The average Bonchev–Trinajstić information content (AvgIpc) is 2.96. The highest BCUT2D eigenvalue weighted by molar-refractivity contribution is 6.28. The highest BCUT2D eigenvalue weighted by Crippen LogP contribution is 2.24. The number of phenols is 2. The average molecular weight is 351 g/mol. The zero-order valence-corrected chi connectivity index (χ0v) is 13.3. The number of phenolic OH excluding ortho intramolecular Hbond substituents is 2. The first-order chi connectivity index (χ1) is 12.5. The molecule has 0 aromatic heterocycles. The van der Waals surface area contributed by atoms with Gasteiger partial charge in [-0.2, -0.15) is 5.10 Å². The number of carbonyl (C=O) groups excluding carboxylic acids is 3. The minimum Gasteiger partial charge on any atom is -0.504 e. The van der Waals surface area contributed by atoms with Gasteiger partial charge in [0.1, 0.15) is 0 Å². The van der Waals surface area contributed by atoms with Crippen molar-refractivity contribution < 1.29 is 24.6 Å². The maximum Gasteiger partial charge on any atom is 0.271 e. The van der Waals surface area contributed by atoms with Gasteiger partial charge in [-0.3, -0.25) is 14.4 Å². The molecule has 0 unspecified atom stereocenters. The summed E-state index contributed by atoms with van der Waals surface area (Å²) in [4.78, 5) is 36.3. The minimum atomic E-state index is -0.493. The Hall–Kier alpha value is -3.94. The van der Waals surface area contributed by atoms with E-state index in [4.69, 9.17) is 0 Å². The number of imide groups is 1. The standard InChI is InChI=1S/C18H13N3O5/c22-14-6-1-11(9-15(14)23)10-19-20-18(26)12-2-4-13(5-3-12)21-16(24)7-8-17(21)25/h1-10,22-23H,(H,20,26)/b19-10+. The fraction of sp³-hybridized carbons (Fsp3) is 0. The molecule has 8 nitrogen and oxygen atoms in total. The Labute approximate surface area is 147 Å². The smallest absolute Gasteiger partial charge is 0.271 e. The Morgan fingerprint density at radius 2 is 1.62 bits per heavy atom. The maximum atomic E-state index is 12.0. The summed E-state index contributed by atoms with van der Waals surface area (Å²) in [5.41, 5.74) is 3.44. The van der Waals surface area contributed by atoms with Gasteiger partial charge in [-0.25, -0.2) is 10.3 Å². The summed E-state index contributed by atoms with van der Waals surface area (Å²) in [6, 6.07) is 10.00. The van der Waals surface area contributed by atoms with Crippen molar-refractivity contribution in [2.24, 2.45) is 5.10 Å². The number of benzene rings is 2. The van der Waals surface area contributed by atoms with E-state index in [9.17, 15) is 24.6 Å². The van der Waals surface area contributed by atoms with Crippen molar-refractivity contribution in [2.45, 2.75) is 0 Å². The summed E-state index contributed by atoms with van der Waals surface area (Å²) in [6.07, 6.45) is 3.66. The predicted molar refractivity (Wildman–Crippen MR) is 92.9 cm³/mol. The molecule has 0 atom stereocenters. The Balaban J connectivity index is 1.65. The van der Waals surface area contributed by atoms with Crippen LogP contribution < -0.4 is 10.3 Å². The molecule has 0 aliphatic carbocycles. The van der Waals surface area contributed by atoms with E-state index in [0.717, 1.165) is 4.90 Å². The van der Waals surface area contributed by atoms with Gasteiger partial charge in [0.2, 0.25) is 0 Å². The van der Waals surface area contributed by atoms with Gasteiger partial charge in [0, 0.05) is 17.7 Å². The summed E-state index contributed by atoms with van der Waals surface area (Å²) < 4.78 is 0. The Morgan fingerprint density at radius 1 is 0.962 bits per heavy atom. The maximum absolute atomic E-state index is 12.0. The Morgan fingerprint density at radius 3 is 2.23 bits per heavy atom. The van der Waals surface area contributed by atoms with E-state index in [0.29, 0.717) is 11.3 Å². The summed E-state index contributed by atoms with van der Waals surface area (Å²) in [7, 11) is 0. The van der Waals surface area contributed by atoms with Crippen LogP contribution in [0.2, 0.25) is 0 Å². The van der Waals surface area contributed by atoms with Crippen molar-refractivity contribution in [3.63, 3.8) is 0 Å². The zero-order chi connectivity index (χ0) is 18.7. The number of nitrogens with one attached hydrogen (secondary N) is 1. The van der Waals surface area contributed by atoms with Crippen LogP contribution in [0.25, 0.3) is 0 Å². The van der Waals surface area contributed by atoms with E-state index < -0.39 is 17.7 Å². The van der Waals surface area contributed by atoms with Crippen LogP contribution in [0.3, 0.4) is 0 Å². The number of hydrogen-bond donors (Lipinski definition) is 3. The van der Waals surface area contributed by atoms with Crippen molar-refractivity contribution in [3.8, 4) is 11.5 Å². The number of nitrogens with zero attached hydrogens (tertiary/aromatic N) is 2. The molecule has 0 fully saturated rings. The molecule has 8 heteroatoms. The molecular formula is C18H13N3O5. The van der Waals surface area contributed by atoms with Gasteiger partial charge in [0.25, 0.3) is 17.7 Å². The SMILES string of the molecule is O=C(N/N=C/c1ccc(O)c(O)c1)c1ccc(N2C(=O)C=CC2=O)cc1. The first-order valence-corrected chi connectivity index (χ1v) is 7.47. The fourth-order valence-corrected chi connectivity index (χ4v) is 2.27. The lowest BCUT2D eigenvalue weighted by Gasteiger charge is -2.13. The molecule has 3 N–H and O–H groups in total. The quantitative estimate of drug-likeness (QED) is 0.332. The summed E-state index contributed by atoms with van der Waals surface area (Å²) >= 11 is 0. The monoisotopic (exact) mass is 351 g/mol. The molecule has 2 aromatic rings. The number of anilines is 1. The van der Waals surface area contributed by atoms with Crippen LogP contribution in [0, 0.1) is 0 Å². The molecule has 3 rings (SSSR count). The van der Waals surface area contributed by atoms with Crippen LogP contribution in [0.15, 0.2) is 59.7 Å². The van der Waals surface area contributed by atoms with Gasteiger partial charge in [0.05, 0.1) is 11.9 Å². The predicted octanol–water partition coefficient (Wildman–Crippen LogP) is 1.29. The molecular weight excluding hydrogens is 338 g/mol. The molecule has 0 bridgehead atoms. The van der Waals surface area contributed by atoms with Crippen molar-refractivity contribution in [1.82, 2.24) is 5.43 Å². The number of carbonyl (C=O) groups is 3. The number of rotatable bonds is 4. The van der Waals surface area contributed by atoms with Crippen LogP contribution in [0.4, 0.5) is 5.69 Å². The van der Waals surface area contributed by atoms with Crippen LogP contribution in [0.5, 0.6) is 11.5 Å². The molecule has 130 valence electrons. The molecule has 2 aromatic carbocycles. The van der Waals surface area contributed by atoms with Crippen molar-refractivity contribution in [2.75, 3.05) is 4.90 Å². The highest BCUT2D eigenvalue weighted by Gasteiger charge is 2.25. The molecule has 26 heavy (non-hydrogen) atoms. The second kappa shape index (κ2) is 6.89. The third-order valence-corrected chi connectivity index (χ3v) is 3.58. The van der Waals surface area contributed by atoms with Gasteiger partial charge in [0.15, 0.2) is 11.5 Å². The Kier molecular flexibility index (Phi) is 4.48. The largest absolute Gasteiger partial charge is 0.504 e. The van der Waals surface area contributed by atoms with Gasteiger partial charge in [-0.1, -0.05) is 0 Å². The number of amides is 3. The zero-order valence-electron chi connectivity index (χ0n) is 13.3. The Bertz CT molecular complexity index is 930. The molecule has 0 saturated carbocycles. The van der Waals surface area contributed by atoms with Gasteiger partial charge >= 0.3 is 0 Å². The lowest BCUT2D eigenvalue weighted by Crippen LogP contribution is -2.29. The van der Waals surface area contributed by atoms with Crippen LogP contribution in [-0.2, 0) is 9.59 Å². The first-order valence-electron chi connectivity index (χ1n) is 7.47. The first kappa shape index (κ1) is 16.9. The van der Waals surface area contributed by atoms with E-state index >= 15 is 0 Å². The second-order valence-corrected chi connectivity index (χ2v) is 5.34. The topological polar surface area (TPSA) is 119 Å². The van der Waals surface area contributed by atoms with E-state index in [1.54, 1.807) is 0 Å². The third-order valence-electron chi connectivity index (χ3n) is 3.58. The third kappa shape index (κ3) is 3.44.